The molecular formula is C18H23N3O5S. The van der Waals surface area contributed by atoms with Crippen molar-refractivity contribution in [2.45, 2.75) is 39.0 Å². The molecule has 1 heterocycles. The zero-order chi connectivity index (χ0) is 20.2. The van der Waals surface area contributed by atoms with Gasteiger partial charge in [0.1, 0.15) is 11.5 Å². The fourth-order valence-corrected chi connectivity index (χ4v) is 3.85. The van der Waals surface area contributed by atoms with Crippen LogP contribution in [-0.4, -0.2) is 26.8 Å². The van der Waals surface area contributed by atoms with Gasteiger partial charge < -0.3 is 4.42 Å². The van der Waals surface area contributed by atoms with Crippen LogP contribution in [0.5, 0.6) is 0 Å². The third-order valence-electron chi connectivity index (χ3n) is 3.88. The van der Waals surface area contributed by atoms with Crippen LogP contribution in [0.1, 0.15) is 39.4 Å². The summed E-state index contributed by atoms with van der Waals surface area (Å²) in [5, 5.41) is 0. The standard InChI is InChI=1S/C18H23N3O5S/c1-11-5-6-12(2)16(9-11)27(24,25)19-8-7-17(22)20-21-18(23)15-10-13(3)26-14(15)4/h5-6,9-10,19H,7-8H2,1-4H3,(H,20,22)(H,21,23). The van der Waals surface area contributed by atoms with Crippen molar-refractivity contribution in [3.05, 3.63) is 52.5 Å². The number of sulfonamides is 1. The van der Waals surface area contributed by atoms with Crippen LogP contribution in [0.25, 0.3) is 0 Å². The van der Waals surface area contributed by atoms with Gasteiger partial charge in [-0.15, -0.1) is 0 Å². The van der Waals surface area contributed by atoms with E-state index in [2.05, 4.69) is 15.6 Å². The summed E-state index contributed by atoms with van der Waals surface area (Å²) < 4.78 is 32.4. The van der Waals surface area contributed by atoms with Crippen LogP contribution < -0.4 is 15.6 Å². The van der Waals surface area contributed by atoms with E-state index in [9.17, 15) is 18.0 Å². The Morgan fingerprint density at radius 3 is 2.37 bits per heavy atom. The number of hydrogen-bond donors (Lipinski definition) is 3. The van der Waals surface area contributed by atoms with Crippen molar-refractivity contribution >= 4 is 21.8 Å². The highest BCUT2D eigenvalue weighted by Crippen LogP contribution is 2.16. The van der Waals surface area contributed by atoms with Crippen LogP contribution in [0.2, 0.25) is 0 Å². The number of nitrogens with one attached hydrogen (secondary N) is 3. The fourth-order valence-electron chi connectivity index (χ4n) is 2.49. The van der Waals surface area contributed by atoms with Gasteiger partial charge in [-0.25, -0.2) is 13.1 Å². The molecule has 2 aromatic rings. The van der Waals surface area contributed by atoms with Crippen molar-refractivity contribution in [3.63, 3.8) is 0 Å². The lowest BCUT2D eigenvalue weighted by atomic mass is 10.2. The zero-order valence-electron chi connectivity index (χ0n) is 15.7. The third-order valence-corrected chi connectivity index (χ3v) is 5.48. The first-order valence-electron chi connectivity index (χ1n) is 8.33. The van der Waals surface area contributed by atoms with Crippen LogP contribution in [0, 0.1) is 27.7 Å². The van der Waals surface area contributed by atoms with Crippen LogP contribution in [0.3, 0.4) is 0 Å². The summed E-state index contributed by atoms with van der Waals surface area (Å²) >= 11 is 0. The minimum atomic E-state index is -3.72. The van der Waals surface area contributed by atoms with Crippen molar-refractivity contribution in [2.24, 2.45) is 0 Å². The highest BCUT2D eigenvalue weighted by Gasteiger charge is 2.18. The number of hydrazine groups is 1. The topological polar surface area (TPSA) is 118 Å². The number of benzene rings is 1. The van der Waals surface area contributed by atoms with Gasteiger partial charge in [0.2, 0.25) is 15.9 Å². The summed E-state index contributed by atoms with van der Waals surface area (Å²) in [6.07, 6.45) is -0.131. The van der Waals surface area contributed by atoms with Gasteiger partial charge in [0.05, 0.1) is 10.5 Å². The molecule has 1 aromatic heterocycles. The lowest BCUT2D eigenvalue weighted by Gasteiger charge is -2.10. The van der Waals surface area contributed by atoms with Gasteiger partial charge in [-0.1, -0.05) is 12.1 Å². The Kier molecular flexibility index (Phi) is 6.40. The highest BCUT2D eigenvalue weighted by atomic mass is 32.2. The molecule has 0 saturated heterocycles. The van der Waals surface area contributed by atoms with Gasteiger partial charge in [0.25, 0.3) is 5.91 Å². The van der Waals surface area contributed by atoms with Gasteiger partial charge in [0, 0.05) is 13.0 Å². The van der Waals surface area contributed by atoms with Crippen LogP contribution in [0.4, 0.5) is 0 Å². The largest absolute Gasteiger partial charge is 0.466 e. The van der Waals surface area contributed by atoms with E-state index in [0.29, 0.717) is 22.6 Å². The Hall–Kier alpha value is -2.65. The Morgan fingerprint density at radius 2 is 1.74 bits per heavy atom. The first kappa shape index (κ1) is 20.7. The van der Waals surface area contributed by atoms with Gasteiger partial charge >= 0.3 is 0 Å². The maximum Gasteiger partial charge on any atom is 0.273 e. The molecule has 2 amide bonds. The van der Waals surface area contributed by atoms with Crippen LogP contribution >= 0.6 is 0 Å². The molecule has 27 heavy (non-hydrogen) atoms. The number of amides is 2. The molecule has 1 aromatic carbocycles. The summed E-state index contributed by atoms with van der Waals surface area (Å²) in [7, 11) is -3.72. The Balaban J connectivity index is 1.84. The summed E-state index contributed by atoms with van der Waals surface area (Å²) in [4.78, 5) is 24.0. The second-order valence-electron chi connectivity index (χ2n) is 6.25. The predicted octanol–water partition coefficient (Wildman–Crippen LogP) is 1.64. The number of furan rings is 1. The number of hydrogen-bond acceptors (Lipinski definition) is 5. The normalized spacial score (nSPS) is 11.3. The molecule has 0 aliphatic heterocycles. The number of carbonyl (C=O) groups is 2. The van der Waals surface area contributed by atoms with E-state index in [-0.39, 0.29) is 17.9 Å². The molecule has 3 N–H and O–H groups in total. The summed E-state index contributed by atoms with van der Waals surface area (Å²) in [6.45, 7) is 6.77. The molecule has 0 bridgehead atoms. The maximum atomic E-state index is 12.4. The molecule has 0 fully saturated rings. The van der Waals surface area contributed by atoms with Crippen molar-refractivity contribution in [1.82, 2.24) is 15.6 Å². The number of carbonyl (C=O) groups excluding carboxylic acids is 2. The first-order chi connectivity index (χ1) is 12.6. The molecule has 8 nitrogen and oxygen atoms in total. The number of rotatable bonds is 6. The van der Waals surface area contributed by atoms with Gasteiger partial charge in [-0.3, -0.25) is 20.4 Å². The third kappa shape index (κ3) is 5.41. The summed E-state index contributed by atoms with van der Waals surface area (Å²) in [6, 6.07) is 6.70. The molecule has 0 saturated carbocycles. The van der Waals surface area contributed by atoms with Crippen molar-refractivity contribution in [1.29, 1.82) is 0 Å². The lowest BCUT2D eigenvalue weighted by molar-refractivity contribution is -0.121. The van der Waals surface area contributed by atoms with E-state index in [1.807, 2.05) is 6.07 Å². The molecular weight excluding hydrogens is 370 g/mol. The molecule has 146 valence electrons. The average Bonchev–Trinajstić information content (AvgIpc) is 2.93. The van der Waals surface area contributed by atoms with E-state index >= 15 is 0 Å². The van der Waals surface area contributed by atoms with E-state index in [0.717, 1.165) is 5.56 Å². The molecule has 0 unspecified atom stereocenters. The molecule has 9 heteroatoms. The molecule has 0 atom stereocenters. The van der Waals surface area contributed by atoms with Crippen molar-refractivity contribution in [2.75, 3.05) is 6.54 Å². The Morgan fingerprint density at radius 1 is 1.04 bits per heavy atom. The lowest BCUT2D eigenvalue weighted by Crippen LogP contribution is -2.42. The summed E-state index contributed by atoms with van der Waals surface area (Å²) in [5.74, 6) is 0.00362. The van der Waals surface area contributed by atoms with E-state index in [4.69, 9.17) is 4.42 Å². The minimum Gasteiger partial charge on any atom is -0.466 e. The van der Waals surface area contributed by atoms with Gasteiger partial charge in [0.15, 0.2) is 0 Å². The molecule has 0 spiro atoms. The second kappa shape index (κ2) is 8.36. The van der Waals surface area contributed by atoms with Crippen molar-refractivity contribution in [3.8, 4) is 0 Å². The van der Waals surface area contributed by atoms with E-state index in [1.165, 1.54) is 0 Å². The van der Waals surface area contributed by atoms with E-state index < -0.39 is 21.8 Å². The minimum absolute atomic E-state index is 0.0960. The van der Waals surface area contributed by atoms with Gasteiger partial charge in [-0.05, 0) is 51.0 Å². The monoisotopic (exact) mass is 393 g/mol. The Labute approximate surface area is 158 Å². The first-order valence-corrected chi connectivity index (χ1v) is 9.81. The molecule has 0 aliphatic carbocycles. The predicted molar refractivity (Wildman–Crippen MR) is 99.5 cm³/mol. The smallest absolute Gasteiger partial charge is 0.273 e. The Bertz CT molecular complexity index is 963. The molecule has 2 rings (SSSR count). The second-order valence-corrected chi connectivity index (χ2v) is 7.98. The molecule has 0 radical (unpaired) electrons. The fraction of sp³-hybridized carbons (Fsp3) is 0.333. The van der Waals surface area contributed by atoms with Gasteiger partial charge in [-0.2, -0.15) is 0 Å². The zero-order valence-corrected chi connectivity index (χ0v) is 16.5. The van der Waals surface area contributed by atoms with Crippen LogP contribution in [-0.2, 0) is 14.8 Å². The quantitative estimate of drug-likeness (QED) is 0.645. The molecule has 0 aliphatic rings. The highest BCUT2D eigenvalue weighted by molar-refractivity contribution is 7.89. The maximum absolute atomic E-state index is 12.4. The number of aryl methyl sites for hydroxylation is 4. The SMILES string of the molecule is Cc1ccc(C)c(S(=O)(=O)NCCC(=O)NNC(=O)c2cc(C)oc2C)c1. The van der Waals surface area contributed by atoms with Crippen molar-refractivity contribution < 1.29 is 22.4 Å². The van der Waals surface area contributed by atoms with E-state index in [1.54, 1.807) is 45.9 Å². The summed E-state index contributed by atoms with van der Waals surface area (Å²) in [5.41, 5.74) is 6.29. The van der Waals surface area contributed by atoms with Crippen LogP contribution in [0.15, 0.2) is 33.6 Å². The average molecular weight is 393 g/mol.